The van der Waals surface area contributed by atoms with Gasteiger partial charge in [-0.25, -0.2) is 9.37 Å². The Labute approximate surface area is 99.3 Å². The van der Waals surface area contributed by atoms with Crippen LogP contribution in [0.15, 0.2) is 18.2 Å². The Bertz CT molecular complexity index is 514. The SMILES string of the molecule is Cc1nc(CCc2ccc(F)c(N)c2)nn1C. The van der Waals surface area contributed by atoms with E-state index in [0.29, 0.717) is 0 Å². The summed E-state index contributed by atoms with van der Waals surface area (Å²) in [5.74, 6) is 1.31. The van der Waals surface area contributed by atoms with Gasteiger partial charge < -0.3 is 5.73 Å². The zero-order valence-corrected chi connectivity index (χ0v) is 9.94. The second kappa shape index (κ2) is 4.53. The van der Waals surface area contributed by atoms with E-state index in [1.165, 1.54) is 6.07 Å². The van der Waals surface area contributed by atoms with E-state index < -0.39 is 0 Å². The van der Waals surface area contributed by atoms with Gasteiger partial charge in [-0.3, -0.25) is 4.68 Å². The zero-order valence-electron chi connectivity index (χ0n) is 9.94. The van der Waals surface area contributed by atoms with Gasteiger partial charge >= 0.3 is 0 Å². The number of hydrogen-bond acceptors (Lipinski definition) is 3. The molecule has 0 unspecified atom stereocenters. The number of aromatic nitrogens is 3. The minimum atomic E-state index is -0.374. The number of hydrogen-bond donors (Lipinski definition) is 1. The van der Waals surface area contributed by atoms with E-state index >= 15 is 0 Å². The second-order valence-corrected chi connectivity index (χ2v) is 4.05. The Kier molecular flexibility index (Phi) is 3.08. The maximum atomic E-state index is 13.0. The van der Waals surface area contributed by atoms with Gasteiger partial charge in [0.15, 0.2) is 5.82 Å². The quantitative estimate of drug-likeness (QED) is 0.821. The third-order valence-electron chi connectivity index (χ3n) is 2.72. The van der Waals surface area contributed by atoms with E-state index in [4.69, 9.17) is 5.73 Å². The second-order valence-electron chi connectivity index (χ2n) is 4.05. The number of aryl methyl sites for hydroxylation is 4. The molecule has 90 valence electrons. The van der Waals surface area contributed by atoms with Gasteiger partial charge in [-0.1, -0.05) is 6.07 Å². The smallest absolute Gasteiger partial charge is 0.151 e. The third kappa shape index (κ3) is 2.61. The van der Waals surface area contributed by atoms with Crippen molar-refractivity contribution < 1.29 is 4.39 Å². The Balaban J connectivity index is 2.04. The molecule has 0 radical (unpaired) electrons. The van der Waals surface area contributed by atoms with Crippen LogP contribution in [0.1, 0.15) is 17.2 Å². The molecule has 0 aliphatic carbocycles. The Morgan fingerprint density at radius 3 is 2.71 bits per heavy atom. The largest absolute Gasteiger partial charge is 0.396 e. The molecule has 2 rings (SSSR count). The number of nitrogens with zero attached hydrogens (tertiary/aromatic N) is 3. The third-order valence-corrected chi connectivity index (χ3v) is 2.72. The van der Waals surface area contributed by atoms with E-state index in [9.17, 15) is 4.39 Å². The normalized spacial score (nSPS) is 10.8. The molecule has 4 nitrogen and oxygen atoms in total. The topological polar surface area (TPSA) is 56.7 Å². The van der Waals surface area contributed by atoms with Gasteiger partial charge in [0.1, 0.15) is 11.6 Å². The van der Waals surface area contributed by atoms with Crippen molar-refractivity contribution in [2.24, 2.45) is 7.05 Å². The minimum absolute atomic E-state index is 0.188. The first-order valence-electron chi connectivity index (χ1n) is 5.46. The molecule has 17 heavy (non-hydrogen) atoms. The highest BCUT2D eigenvalue weighted by molar-refractivity contribution is 5.42. The zero-order chi connectivity index (χ0) is 12.4. The number of benzene rings is 1. The molecule has 1 aromatic heterocycles. The van der Waals surface area contributed by atoms with Gasteiger partial charge in [-0.15, -0.1) is 0 Å². The summed E-state index contributed by atoms with van der Waals surface area (Å²) in [5.41, 5.74) is 6.69. The van der Waals surface area contributed by atoms with Crippen molar-refractivity contribution >= 4 is 5.69 Å². The van der Waals surface area contributed by atoms with Gasteiger partial charge in [0.2, 0.25) is 0 Å². The molecule has 2 aromatic rings. The van der Waals surface area contributed by atoms with Crippen molar-refractivity contribution in [1.82, 2.24) is 14.8 Å². The highest BCUT2D eigenvalue weighted by Crippen LogP contribution is 2.13. The van der Waals surface area contributed by atoms with Gasteiger partial charge in [-0.05, 0) is 31.0 Å². The standard InChI is InChI=1S/C12H15FN4/c1-8-15-12(16-17(8)2)6-4-9-3-5-10(13)11(14)7-9/h3,5,7H,4,6,14H2,1-2H3. The number of nitrogens with two attached hydrogens (primary N) is 1. The summed E-state index contributed by atoms with van der Waals surface area (Å²) in [6.45, 7) is 1.91. The van der Waals surface area contributed by atoms with Gasteiger partial charge in [0.05, 0.1) is 5.69 Å². The predicted molar refractivity (Wildman–Crippen MR) is 64.0 cm³/mol. The summed E-state index contributed by atoms with van der Waals surface area (Å²) in [6, 6.07) is 4.79. The van der Waals surface area contributed by atoms with Crippen LogP contribution < -0.4 is 5.73 Å². The molecule has 0 saturated heterocycles. The maximum Gasteiger partial charge on any atom is 0.151 e. The van der Waals surface area contributed by atoms with Crippen molar-refractivity contribution in [3.63, 3.8) is 0 Å². The lowest BCUT2D eigenvalue weighted by Crippen LogP contribution is -1.98. The molecule has 0 amide bonds. The molecule has 0 aliphatic rings. The molecule has 1 aromatic carbocycles. The lowest BCUT2D eigenvalue weighted by Gasteiger charge is -2.01. The van der Waals surface area contributed by atoms with Gasteiger partial charge in [-0.2, -0.15) is 5.10 Å². The monoisotopic (exact) mass is 234 g/mol. The summed E-state index contributed by atoms with van der Waals surface area (Å²) in [7, 11) is 1.86. The summed E-state index contributed by atoms with van der Waals surface area (Å²) in [5, 5.41) is 4.27. The van der Waals surface area contributed by atoms with Crippen molar-refractivity contribution in [2.75, 3.05) is 5.73 Å². The Morgan fingerprint density at radius 1 is 1.35 bits per heavy atom. The first kappa shape index (κ1) is 11.6. The van der Waals surface area contributed by atoms with Crippen LogP contribution in [0.2, 0.25) is 0 Å². The van der Waals surface area contributed by atoms with Gasteiger partial charge in [0, 0.05) is 13.5 Å². The summed E-state index contributed by atoms with van der Waals surface area (Å²) in [4.78, 5) is 4.31. The maximum absolute atomic E-state index is 13.0. The molecular formula is C12H15FN4. The molecule has 1 heterocycles. The number of nitrogen functional groups attached to an aromatic ring is 1. The van der Waals surface area contributed by atoms with Crippen molar-refractivity contribution in [3.05, 3.63) is 41.2 Å². The molecule has 0 spiro atoms. The highest BCUT2D eigenvalue weighted by atomic mass is 19.1. The van der Waals surface area contributed by atoms with E-state index in [-0.39, 0.29) is 11.5 Å². The van der Waals surface area contributed by atoms with Crippen LogP contribution in [0.5, 0.6) is 0 Å². The first-order chi connectivity index (χ1) is 8.06. The van der Waals surface area contributed by atoms with Gasteiger partial charge in [0.25, 0.3) is 0 Å². The molecule has 0 fully saturated rings. The molecule has 0 bridgehead atoms. The van der Waals surface area contributed by atoms with Crippen LogP contribution in [-0.4, -0.2) is 14.8 Å². The summed E-state index contributed by atoms with van der Waals surface area (Å²) >= 11 is 0. The average Bonchev–Trinajstić information content (AvgIpc) is 2.60. The fourth-order valence-electron chi connectivity index (χ4n) is 1.64. The van der Waals surface area contributed by atoms with Crippen molar-refractivity contribution in [2.45, 2.75) is 19.8 Å². The molecule has 0 atom stereocenters. The molecule has 2 N–H and O–H groups in total. The first-order valence-corrected chi connectivity index (χ1v) is 5.46. The van der Waals surface area contributed by atoms with Crippen LogP contribution in [-0.2, 0) is 19.9 Å². The van der Waals surface area contributed by atoms with E-state index in [1.807, 2.05) is 14.0 Å². The molecule has 0 saturated carbocycles. The lowest BCUT2D eigenvalue weighted by atomic mass is 10.1. The summed E-state index contributed by atoms with van der Waals surface area (Å²) in [6.07, 6.45) is 1.49. The fraction of sp³-hybridized carbons (Fsp3) is 0.333. The lowest BCUT2D eigenvalue weighted by molar-refractivity contribution is 0.631. The van der Waals surface area contributed by atoms with E-state index in [1.54, 1.807) is 16.8 Å². The van der Waals surface area contributed by atoms with Crippen molar-refractivity contribution in [1.29, 1.82) is 0 Å². The Hall–Kier alpha value is -1.91. The molecular weight excluding hydrogens is 219 g/mol. The predicted octanol–water partition coefficient (Wildman–Crippen LogP) is 1.63. The van der Waals surface area contributed by atoms with Crippen LogP contribution in [0, 0.1) is 12.7 Å². The highest BCUT2D eigenvalue weighted by Gasteiger charge is 2.05. The summed E-state index contributed by atoms with van der Waals surface area (Å²) < 4.78 is 14.7. The number of rotatable bonds is 3. The number of halogens is 1. The average molecular weight is 234 g/mol. The van der Waals surface area contributed by atoms with Crippen LogP contribution >= 0.6 is 0 Å². The molecule has 0 aliphatic heterocycles. The van der Waals surface area contributed by atoms with Crippen molar-refractivity contribution in [3.8, 4) is 0 Å². The fourth-order valence-corrected chi connectivity index (χ4v) is 1.64. The Morgan fingerprint density at radius 2 is 2.12 bits per heavy atom. The van der Waals surface area contributed by atoms with Crippen LogP contribution in [0.25, 0.3) is 0 Å². The number of anilines is 1. The van der Waals surface area contributed by atoms with E-state index in [2.05, 4.69) is 10.1 Å². The minimum Gasteiger partial charge on any atom is -0.396 e. The molecule has 5 heteroatoms. The van der Waals surface area contributed by atoms with E-state index in [0.717, 1.165) is 30.1 Å². The van der Waals surface area contributed by atoms with Crippen LogP contribution in [0.3, 0.4) is 0 Å². The van der Waals surface area contributed by atoms with Crippen LogP contribution in [0.4, 0.5) is 10.1 Å².